The van der Waals surface area contributed by atoms with E-state index in [1.807, 2.05) is 21.9 Å². The van der Waals surface area contributed by atoms with Gasteiger partial charge < -0.3 is 24.4 Å². The van der Waals surface area contributed by atoms with E-state index in [1.54, 1.807) is 12.4 Å². The Bertz CT molecular complexity index is 955. The SMILES string of the molecule is O=C(N1CCOCC1)N1CCc2ncnc(Oc3cccnc3)c2CC1.O=C(O)C(F)(F)F. The summed E-state index contributed by atoms with van der Waals surface area (Å²) in [5.41, 5.74) is 1.91. The van der Waals surface area contributed by atoms with Gasteiger partial charge in [0.05, 0.1) is 25.1 Å². The molecule has 0 bridgehead atoms. The number of carbonyl (C=O) groups is 2. The van der Waals surface area contributed by atoms with Gasteiger partial charge in [-0.15, -0.1) is 0 Å². The van der Waals surface area contributed by atoms with Crippen LogP contribution in [0.25, 0.3) is 0 Å². The second kappa shape index (κ2) is 10.9. The molecule has 0 atom stereocenters. The Kier molecular flexibility index (Phi) is 7.98. The van der Waals surface area contributed by atoms with Crippen molar-refractivity contribution in [2.45, 2.75) is 19.0 Å². The Balaban J connectivity index is 0.000000383. The van der Waals surface area contributed by atoms with E-state index >= 15 is 0 Å². The zero-order valence-corrected chi connectivity index (χ0v) is 17.5. The van der Waals surface area contributed by atoms with Gasteiger partial charge in [0.25, 0.3) is 0 Å². The normalized spacial score (nSPS) is 16.1. The molecule has 1 fully saturated rings. The molecule has 2 aromatic rings. The summed E-state index contributed by atoms with van der Waals surface area (Å²) in [4.78, 5) is 38.2. The molecule has 0 saturated carbocycles. The van der Waals surface area contributed by atoms with Crippen LogP contribution < -0.4 is 4.74 Å². The summed E-state index contributed by atoms with van der Waals surface area (Å²) in [6.07, 6.45) is 1.14. The molecule has 1 saturated heterocycles. The van der Waals surface area contributed by atoms with Crippen LogP contribution in [0.2, 0.25) is 0 Å². The summed E-state index contributed by atoms with van der Waals surface area (Å²) in [5, 5.41) is 7.12. The highest BCUT2D eigenvalue weighted by atomic mass is 19.4. The number of carboxylic acids is 1. The van der Waals surface area contributed by atoms with Gasteiger partial charge in [0.2, 0.25) is 5.88 Å². The second-order valence-corrected chi connectivity index (χ2v) is 7.07. The molecule has 2 aromatic heterocycles. The summed E-state index contributed by atoms with van der Waals surface area (Å²) in [6, 6.07) is 3.73. The van der Waals surface area contributed by atoms with Crippen LogP contribution in [0.5, 0.6) is 11.6 Å². The Morgan fingerprint density at radius 2 is 1.73 bits per heavy atom. The highest BCUT2D eigenvalue weighted by Crippen LogP contribution is 2.26. The number of alkyl halides is 3. The first kappa shape index (κ1) is 24.2. The average Bonchev–Trinajstić information content (AvgIpc) is 3.03. The highest BCUT2D eigenvalue weighted by molar-refractivity contribution is 5.74. The van der Waals surface area contributed by atoms with E-state index < -0.39 is 12.1 Å². The van der Waals surface area contributed by atoms with E-state index in [9.17, 15) is 18.0 Å². The van der Waals surface area contributed by atoms with E-state index in [1.165, 1.54) is 6.33 Å². The predicted molar refractivity (Wildman–Crippen MR) is 107 cm³/mol. The van der Waals surface area contributed by atoms with Crippen LogP contribution in [0.15, 0.2) is 30.9 Å². The molecule has 2 aliphatic rings. The van der Waals surface area contributed by atoms with Crippen LogP contribution in [-0.2, 0) is 22.4 Å². The van der Waals surface area contributed by atoms with Gasteiger partial charge in [-0.3, -0.25) is 4.98 Å². The maximum Gasteiger partial charge on any atom is 0.490 e. The number of carboxylic acid groups (broad SMARTS) is 1. The molecular formula is C20H22F3N5O5. The fraction of sp³-hybridized carbons (Fsp3) is 0.450. The fourth-order valence-corrected chi connectivity index (χ4v) is 3.25. The van der Waals surface area contributed by atoms with Gasteiger partial charge in [0.15, 0.2) is 0 Å². The zero-order chi connectivity index (χ0) is 23.8. The van der Waals surface area contributed by atoms with Gasteiger partial charge in [0.1, 0.15) is 12.1 Å². The first-order chi connectivity index (χ1) is 15.8. The lowest BCUT2D eigenvalue weighted by molar-refractivity contribution is -0.192. The molecule has 2 amide bonds. The van der Waals surface area contributed by atoms with Gasteiger partial charge in [-0.1, -0.05) is 0 Å². The lowest BCUT2D eigenvalue weighted by Crippen LogP contribution is -2.48. The van der Waals surface area contributed by atoms with Crippen molar-refractivity contribution in [2.24, 2.45) is 0 Å². The Morgan fingerprint density at radius 1 is 1.06 bits per heavy atom. The average molecular weight is 469 g/mol. The Labute approximate surface area is 187 Å². The Hall–Kier alpha value is -3.48. The van der Waals surface area contributed by atoms with Crippen molar-refractivity contribution in [3.05, 3.63) is 42.1 Å². The quantitative estimate of drug-likeness (QED) is 0.711. The van der Waals surface area contributed by atoms with Gasteiger partial charge in [-0.25, -0.2) is 19.6 Å². The van der Waals surface area contributed by atoms with Crippen molar-refractivity contribution in [3.8, 4) is 11.6 Å². The number of urea groups is 1. The number of rotatable bonds is 2. The summed E-state index contributed by atoms with van der Waals surface area (Å²) in [5.74, 6) is -1.57. The molecule has 4 rings (SSSR count). The number of morpholine rings is 1. The number of hydrogen-bond acceptors (Lipinski definition) is 7. The number of amides is 2. The van der Waals surface area contributed by atoms with Crippen LogP contribution in [0.3, 0.4) is 0 Å². The Morgan fingerprint density at radius 3 is 2.36 bits per heavy atom. The highest BCUT2D eigenvalue weighted by Gasteiger charge is 2.38. The molecule has 4 heterocycles. The van der Waals surface area contributed by atoms with Crippen molar-refractivity contribution >= 4 is 12.0 Å². The molecule has 1 N–H and O–H groups in total. The van der Waals surface area contributed by atoms with E-state index in [4.69, 9.17) is 19.4 Å². The number of pyridine rings is 1. The molecule has 0 unspecified atom stereocenters. The number of aliphatic carboxylic acids is 1. The number of hydrogen-bond donors (Lipinski definition) is 1. The smallest absolute Gasteiger partial charge is 0.475 e. The van der Waals surface area contributed by atoms with Crippen LogP contribution >= 0.6 is 0 Å². The minimum absolute atomic E-state index is 0.0730. The van der Waals surface area contributed by atoms with E-state index in [2.05, 4.69) is 15.0 Å². The first-order valence-electron chi connectivity index (χ1n) is 10.1. The third kappa shape index (κ3) is 6.75. The molecule has 10 nitrogen and oxygen atoms in total. The van der Waals surface area contributed by atoms with Crippen LogP contribution in [0.1, 0.15) is 11.3 Å². The van der Waals surface area contributed by atoms with Crippen molar-refractivity contribution in [1.29, 1.82) is 0 Å². The number of fused-ring (bicyclic) bond motifs is 1. The summed E-state index contributed by atoms with van der Waals surface area (Å²) < 4.78 is 43.0. The summed E-state index contributed by atoms with van der Waals surface area (Å²) >= 11 is 0. The van der Waals surface area contributed by atoms with Crippen LogP contribution in [0, 0.1) is 0 Å². The largest absolute Gasteiger partial charge is 0.490 e. The maximum absolute atomic E-state index is 12.8. The minimum atomic E-state index is -5.08. The molecule has 0 aromatic carbocycles. The fourth-order valence-electron chi connectivity index (χ4n) is 3.25. The zero-order valence-electron chi connectivity index (χ0n) is 17.5. The standard InChI is InChI=1S/C18H21N5O3.C2HF3O2/c24-18(23-8-10-25-11-9-23)22-6-3-15-16(4-7-22)20-13-21-17(15)26-14-2-1-5-19-12-14;3-2(4,5)1(6)7/h1-2,5,12-13H,3-4,6-11H2;(H,6,7). The molecule has 178 valence electrons. The third-order valence-corrected chi connectivity index (χ3v) is 4.89. The van der Waals surface area contributed by atoms with E-state index in [-0.39, 0.29) is 6.03 Å². The molecule has 2 aliphatic heterocycles. The summed E-state index contributed by atoms with van der Waals surface area (Å²) in [6.45, 7) is 3.78. The third-order valence-electron chi connectivity index (χ3n) is 4.89. The van der Waals surface area contributed by atoms with Gasteiger partial charge in [-0.2, -0.15) is 13.2 Å². The number of ether oxygens (including phenoxy) is 2. The lowest BCUT2D eigenvalue weighted by Gasteiger charge is -2.32. The maximum atomic E-state index is 12.8. The minimum Gasteiger partial charge on any atom is -0.475 e. The molecular weight excluding hydrogens is 447 g/mol. The van der Waals surface area contributed by atoms with Gasteiger partial charge >= 0.3 is 18.2 Å². The monoisotopic (exact) mass is 469 g/mol. The van der Waals surface area contributed by atoms with Crippen molar-refractivity contribution in [1.82, 2.24) is 24.8 Å². The van der Waals surface area contributed by atoms with Crippen molar-refractivity contribution < 1.29 is 37.3 Å². The number of carbonyl (C=O) groups excluding carboxylic acids is 1. The van der Waals surface area contributed by atoms with E-state index in [0.717, 1.165) is 11.3 Å². The van der Waals surface area contributed by atoms with E-state index in [0.29, 0.717) is 63.9 Å². The van der Waals surface area contributed by atoms with Gasteiger partial charge in [0, 0.05) is 44.4 Å². The number of halogens is 3. The number of nitrogens with zero attached hydrogens (tertiary/aromatic N) is 5. The molecule has 13 heteroatoms. The first-order valence-corrected chi connectivity index (χ1v) is 10.1. The second-order valence-electron chi connectivity index (χ2n) is 7.07. The summed E-state index contributed by atoms with van der Waals surface area (Å²) in [7, 11) is 0. The predicted octanol–water partition coefficient (Wildman–Crippen LogP) is 2.15. The van der Waals surface area contributed by atoms with Crippen molar-refractivity contribution in [3.63, 3.8) is 0 Å². The lowest BCUT2D eigenvalue weighted by atomic mass is 10.1. The van der Waals surface area contributed by atoms with Gasteiger partial charge in [-0.05, 0) is 18.6 Å². The van der Waals surface area contributed by atoms with Crippen LogP contribution in [0.4, 0.5) is 18.0 Å². The topological polar surface area (TPSA) is 118 Å². The molecule has 33 heavy (non-hydrogen) atoms. The van der Waals surface area contributed by atoms with Crippen molar-refractivity contribution in [2.75, 3.05) is 39.4 Å². The number of aromatic nitrogens is 3. The molecule has 0 radical (unpaired) electrons. The molecule has 0 aliphatic carbocycles. The van der Waals surface area contributed by atoms with Crippen LogP contribution in [-0.4, -0.2) is 87.4 Å². The molecule has 0 spiro atoms.